The third-order valence-electron chi connectivity index (χ3n) is 4.01. The molecule has 2 aliphatic heterocycles. The fraction of sp³-hybridized carbons (Fsp3) is 0.538. The first-order chi connectivity index (χ1) is 9.98. The molecule has 1 N–H and O–H groups in total. The summed E-state index contributed by atoms with van der Waals surface area (Å²) < 4.78 is 28.3. The molecular formula is C13H17Br2N3O2S. The number of nitrogens with zero attached hydrogens (tertiary/aromatic N) is 2. The summed E-state index contributed by atoms with van der Waals surface area (Å²) in [7, 11) is -3.41. The van der Waals surface area contributed by atoms with E-state index < -0.39 is 10.0 Å². The van der Waals surface area contributed by atoms with E-state index in [9.17, 15) is 8.42 Å². The Morgan fingerprint density at radius 1 is 1.14 bits per heavy atom. The average Bonchev–Trinajstić information content (AvgIpc) is 2.40. The first-order valence-electron chi connectivity index (χ1n) is 6.88. The van der Waals surface area contributed by atoms with E-state index in [0.717, 1.165) is 30.7 Å². The first-order valence-corrected chi connectivity index (χ1v) is 9.91. The highest BCUT2D eigenvalue weighted by Gasteiger charge is 2.40. The lowest BCUT2D eigenvalue weighted by Crippen LogP contribution is -2.63. The summed E-state index contributed by atoms with van der Waals surface area (Å²) in [5.74, 6) is 0. The maximum Gasteiger partial charge on any atom is 0.244 e. The van der Waals surface area contributed by atoms with Gasteiger partial charge < -0.3 is 5.32 Å². The molecule has 0 aliphatic carbocycles. The van der Waals surface area contributed by atoms with Gasteiger partial charge in [0.05, 0.1) is 4.90 Å². The largest absolute Gasteiger partial charge is 0.314 e. The molecule has 0 saturated carbocycles. The Balaban J connectivity index is 1.71. The van der Waals surface area contributed by atoms with Crippen LogP contribution in [0.3, 0.4) is 0 Å². The molecule has 3 rings (SSSR count). The molecule has 1 aromatic carbocycles. The van der Waals surface area contributed by atoms with Gasteiger partial charge in [0.2, 0.25) is 10.0 Å². The number of piperazine rings is 1. The number of benzene rings is 1. The van der Waals surface area contributed by atoms with Crippen molar-refractivity contribution in [1.29, 1.82) is 0 Å². The molecule has 2 fully saturated rings. The smallest absolute Gasteiger partial charge is 0.244 e. The van der Waals surface area contributed by atoms with Gasteiger partial charge in [-0.25, -0.2) is 8.42 Å². The zero-order valence-electron chi connectivity index (χ0n) is 11.4. The van der Waals surface area contributed by atoms with Gasteiger partial charge >= 0.3 is 0 Å². The Labute approximate surface area is 142 Å². The maximum atomic E-state index is 12.7. The van der Waals surface area contributed by atoms with Crippen molar-refractivity contribution >= 4 is 41.9 Å². The molecule has 0 atom stereocenters. The minimum atomic E-state index is -3.41. The monoisotopic (exact) mass is 437 g/mol. The number of nitrogens with one attached hydrogen (secondary N) is 1. The van der Waals surface area contributed by atoms with Crippen LogP contribution in [0.15, 0.2) is 32.0 Å². The number of sulfonamides is 1. The van der Waals surface area contributed by atoms with Gasteiger partial charge in [0.15, 0.2) is 0 Å². The van der Waals surface area contributed by atoms with E-state index in [2.05, 4.69) is 42.1 Å². The molecule has 5 nitrogen and oxygen atoms in total. The first kappa shape index (κ1) is 15.9. The lowest BCUT2D eigenvalue weighted by atomic mass is 10.1. The highest BCUT2D eigenvalue weighted by atomic mass is 79.9. The van der Waals surface area contributed by atoms with Crippen molar-refractivity contribution in [2.45, 2.75) is 10.9 Å². The summed E-state index contributed by atoms with van der Waals surface area (Å²) in [6, 6.07) is 5.58. The van der Waals surface area contributed by atoms with Crippen molar-refractivity contribution in [1.82, 2.24) is 14.5 Å². The Morgan fingerprint density at radius 3 is 2.48 bits per heavy atom. The summed E-state index contributed by atoms with van der Waals surface area (Å²) in [6.45, 7) is 5.14. The predicted molar refractivity (Wildman–Crippen MR) is 88.8 cm³/mol. The second-order valence-corrected chi connectivity index (χ2v) is 9.01. The summed E-state index contributed by atoms with van der Waals surface area (Å²) in [5, 5.41) is 3.31. The van der Waals surface area contributed by atoms with Gasteiger partial charge in [-0.05, 0) is 34.1 Å². The van der Waals surface area contributed by atoms with Crippen LogP contribution in [0, 0.1) is 0 Å². The molecule has 0 spiro atoms. The van der Waals surface area contributed by atoms with Crippen LogP contribution in [0.5, 0.6) is 0 Å². The summed E-state index contributed by atoms with van der Waals surface area (Å²) >= 11 is 6.67. The predicted octanol–water partition coefficient (Wildman–Crippen LogP) is 1.49. The second kappa shape index (κ2) is 6.25. The van der Waals surface area contributed by atoms with Crippen molar-refractivity contribution in [3.8, 4) is 0 Å². The van der Waals surface area contributed by atoms with Crippen LogP contribution < -0.4 is 5.32 Å². The standard InChI is InChI=1S/C13H17Br2N3O2S/c14-10-1-2-12(15)13(7-10)21(19,20)18-8-11(9-18)17-5-3-16-4-6-17/h1-2,7,11,16H,3-6,8-9H2. The number of rotatable bonds is 3. The number of hydrogen-bond donors (Lipinski definition) is 1. The minimum Gasteiger partial charge on any atom is -0.314 e. The number of hydrogen-bond acceptors (Lipinski definition) is 4. The van der Waals surface area contributed by atoms with E-state index in [1.165, 1.54) is 0 Å². The van der Waals surface area contributed by atoms with Crippen LogP contribution in [0.4, 0.5) is 0 Å². The van der Waals surface area contributed by atoms with Crippen LogP contribution >= 0.6 is 31.9 Å². The zero-order valence-corrected chi connectivity index (χ0v) is 15.4. The fourth-order valence-electron chi connectivity index (χ4n) is 2.71. The quantitative estimate of drug-likeness (QED) is 0.776. The molecule has 0 aromatic heterocycles. The highest BCUT2D eigenvalue weighted by molar-refractivity contribution is 9.11. The highest BCUT2D eigenvalue weighted by Crippen LogP contribution is 2.31. The molecule has 2 aliphatic rings. The van der Waals surface area contributed by atoms with E-state index >= 15 is 0 Å². The minimum absolute atomic E-state index is 0.329. The molecule has 0 amide bonds. The van der Waals surface area contributed by atoms with E-state index in [1.807, 2.05) is 6.07 Å². The SMILES string of the molecule is O=S(=O)(c1cc(Br)ccc1Br)N1CC(N2CCNCC2)C1. The maximum absolute atomic E-state index is 12.7. The molecule has 116 valence electrons. The van der Waals surface area contributed by atoms with E-state index in [-0.39, 0.29) is 0 Å². The van der Waals surface area contributed by atoms with Crippen LogP contribution in [0.2, 0.25) is 0 Å². The van der Waals surface area contributed by atoms with Gasteiger partial charge in [-0.2, -0.15) is 4.31 Å². The Hall–Kier alpha value is 0.01000. The molecule has 0 unspecified atom stereocenters. The van der Waals surface area contributed by atoms with E-state index in [4.69, 9.17) is 0 Å². The van der Waals surface area contributed by atoms with Crippen molar-refractivity contribution in [3.63, 3.8) is 0 Å². The van der Waals surface area contributed by atoms with Crippen LogP contribution in [-0.4, -0.2) is 62.9 Å². The Morgan fingerprint density at radius 2 is 1.81 bits per heavy atom. The van der Waals surface area contributed by atoms with Crippen LogP contribution in [0.1, 0.15) is 0 Å². The van der Waals surface area contributed by atoms with Crippen molar-refractivity contribution in [3.05, 3.63) is 27.1 Å². The Bertz CT molecular complexity index is 626. The second-order valence-electron chi connectivity index (χ2n) is 5.34. The van der Waals surface area contributed by atoms with E-state index in [0.29, 0.717) is 28.5 Å². The molecule has 8 heteroatoms. The summed E-state index contributed by atoms with van der Waals surface area (Å²) in [5.41, 5.74) is 0. The third-order valence-corrected chi connectivity index (χ3v) is 7.33. The molecule has 1 aromatic rings. The van der Waals surface area contributed by atoms with Gasteiger partial charge in [-0.3, -0.25) is 4.90 Å². The average molecular weight is 439 g/mol. The number of halogens is 2. The molecule has 2 heterocycles. The molecule has 2 saturated heterocycles. The van der Waals surface area contributed by atoms with Crippen molar-refractivity contribution in [2.75, 3.05) is 39.3 Å². The normalized spacial score (nSPS) is 22.2. The fourth-order valence-corrected chi connectivity index (χ4v) is 5.68. The molecule has 0 radical (unpaired) electrons. The lowest BCUT2D eigenvalue weighted by molar-refractivity contribution is 0.0773. The van der Waals surface area contributed by atoms with Gasteiger partial charge in [0, 0.05) is 54.3 Å². The molecule has 21 heavy (non-hydrogen) atoms. The Kier molecular flexibility index (Phi) is 4.73. The third kappa shape index (κ3) is 3.20. The van der Waals surface area contributed by atoms with Crippen LogP contribution in [-0.2, 0) is 10.0 Å². The lowest BCUT2D eigenvalue weighted by Gasteiger charge is -2.45. The van der Waals surface area contributed by atoms with E-state index in [1.54, 1.807) is 16.4 Å². The van der Waals surface area contributed by atoms with Crippen molar-refractivity contribution < 1.29 is 8.42 Å². The topological polar surface area (TPSA) is 52.7 Å². The van der Waals surface area contributed by atoms with Crippen molar-refractivity contribution in [2.24, 2.45) is 0 Å². The van der Waals surface area contributed by atoms with Gasteiger partial charge in [0.25, 0.3) is 0 Å². The zero-order chi connectivity index (χ0) is 15.0. The van der Waals surface area contributed by atoms with Gasteiger partial charge in [0.1, 0.15) is 0 Å². The summed E-state index contributed by atoms with van der Waals surface area (Å²) in [4.78, 5) is 2.70. The van der Waals surface area contributed by atoms with Crippen LogP contribution in [0.25, 0.3) is 0 Å². The van der Waals surface area contributed by atoms with Gasteiger partial charge in [-0.1, -0.05) is 15.9 Å². The molecule has 0 bridgehead atoms. The van der Waals surface area contributed by atoms with Gasteiger partial charge in [-0.15, -0.1) is 0 Å². The summed E-state index contributed by atoms with van der Waals surface area (Å²) in [6.07, 6.45) is 0. The molecular weight excluding hydrogens is 422 g/mol.